The van der Waals surface area contributed by atoms with Crippen molar-refractivity contribution in [2.75, 3.05) is 0 Å². The second-order valence-corrected chi connectivity index (χ2v) is 4.87. The minimum atomic E-state index is -1.19. The Balaban J connectivity index is 2.28. The van der Waals surface area contributed by atoms with E-state index < -0.39 is 11.9 Å². The lowest BCUT2D eigenvalue weighted by atomic mass is 10.2. The first kappa shape index (κ1) is 15.9. The van der Waals surface area contributed by atoms with E-state index in [1.165, 1.54) is 36.4 Å². The van der Waals surface area contributed by atoms with Crippen LogP contribution < -0.4 is 0 Å². The molecular formula is C14H8Cl2N2O4. The minimum absolute atomic E-state index is 0.0209. The van der Waals surface area contributed by atoms with E-state index in [0.29, 0.717) is 5.69 Å². The molecule has 0 atom stereocenters. The van der Waals surface area contributed by atoms with Gasteiger partial charge in [0.05, 0.1) is 26.9 Å². The van der Waals surface area contributed by atoms with Gasteiger partial charge in [-0.25, -0.2) is 9.59 Å². The second-order valence-electron chi connectivity index (χ2n) is 4.12. The van der Waals surface area contributed by atoms with Gasteiger partial charge in [0, 0.05) is 0 Å². The first-order valence-corrected chi connectivity index (χ1v) is 6.62. The van der Waals surface area contributed by atoms with Crippen LogP contribution in [0, 0.1) is 0 Å². The summed E-state index contributed by atoms with van der Waals surface area (Å²) in [5.74, 6) is -2.23. The zero-order valence-corrected chi connectivity index (χ0v) is 12.3. The number of carbonyl (C=O) groups is 2. The highest BCUT2D eigenvalue weighted by atomic mass is 35.5. The van der Waals surface area contributed by atoms with Gasteiger partial charge in [0.2, 0.25) is 0 Å². The number of carboxylic acid groups (broad SMARTS) is 2. The summed E-state index contributed by atoms with van der Waals surface area (Å²) in [7, 11) is 0. The Morgan fingerprint density at radius 1 is 0.818 bits per heavy atom. The van der Waals surface area contributed by atoms with Crippen LogP contribution in [0.3, 0.4) is 0 Å². The summed E-state index contributed by atoms with van der Waals surface area (Å²) in [6.45, 7) is 0. The minimum Gasteiger partial charge on any atom is -0.478 e. The van der Waals surface area contributed by atoms with Gasteiger partial charge in [-0.2, -0.15) is 5.11 Å². The molecular weight excluding hydrogens is 331 g/mol. The molecule has 0 heterocycles. The smallest absolute Gasteiger partial charge is 0.337 e. The zero-order valence-electron chi connectivity index (χ0n) is 10.8. The van der Waals surface area contributed by atoms with E-state index in [9.17, 15) is 9.59 Å². The summed E-state index contributed by atoms with van der Waals surface area (Å²) < 4.78 is 0. The Kier molecular flexibility index (Phi) is 4.75. The van der Waals surface area contributed by atoms with Crippen LogP contribution in [-0.2, 0) is 0 Å². The quantitative estimate of drug-likeness (QED) is 0.781. The van der Waals surface area contributed by atoms with Gasteiger partial charge in [0.15, 0.2) is 0 Å². The van der Waals surface area contributed by atoms with Crippen molar-refractivity contribution >= 4 is 46.5 Å². The molecule has 0 aliphatic carbocycles. The molecule has 0 radical (unpaired) electrons. The number of aromatic carboxylic acids is 2. The van der Waals surface area contributed by atoms with Crippen molar-refractivity contribution in [2.45, 2.75) is 0 Å². The maximum atomic E-state index is 10.9. The molecule has 0 amide bonds. The second kappa shape index (κ2) is 6.55. The van der Waals surface area contributed by atoms with Crippen LogP contribution in [0.2, 0.25) is 10.0 Å². The predicted octanol–water partition coefficient (Wildman–Crippen LogP) is 4.81. The van der Waals surface area contributed by atoms with Crippen LogP contribution in [0.5, 0.6) is 0 Å². The molecule has 2 N–H and O–H groups in total. The van der Waals surface area contributed by atoms with Crippen molar-refractivity contribution in [1.82, 2.24) is 0 Å². The van der Waals surface area contributed by atoms with Gasteiger partial charge in [0.25, 0.3) is 0 Å². The largest absolute Gasteiger partial charge is 0.478 e. The van der Waals surface area contributed by atoms with E-state index in [0.717, 1.165) is 0 Å². The lowest BCUT2D eigenvalue weighted by Gasteiger charge is -2.03. The van der Waals surface area contributed by atoms with Gasteiger partial charge in [0.1, 0.15) is 5.69 Å². The fourth-order valence-electron chi connectivity index (χ4n) is 1.56. The molecule has 2 rings (SSSR count). The summed E-state index contributed by atoms with van der Waals surface area (Å²) in [5, 5.41) is 25.3. The summed E-state index contributed by atoms with van der Waals surface area (Å²) in [6, 6.07) is 8.39. The van der Waals surface area contributed by atoms with Gasteiger partial charge in [-0.05, 0) is 36.4 Å². The fraction of sp³-hybridized carbons (Fsp3) is 0. The molecule has 0 spiro atoms. The number of benzene rings is 2. The molecule has 22 heavy (non-hydrogen) atoms. The number of nitrogens with zero attached hydrogens (tertiary/aromatic N) is 2. The third kappa shape index (κ3) is 3.41. The van der Waals surface area contributed by atoms with Crippen molar-refractivity contribution in [3.05, 3.63) is 57.6 Å². The van der Waals surface area contributed by atoms with Gasteiger partial charge in [-0.3, -0.25) is 0 Å². The van der Waals surface area contributed by atoms with E-state index >= 15 is 0 Å². The molecule has 8 heteroatoms. The Labute approximate surface area is 134 Å². The van der Waals surface area contributed by atoms with Crippen LogP contribution >= 0.6 is 23.2 Å². The summed E-state index contributed by atoms with van der Waals surface area (Å²) in [6.07, 6.45) is 0. The van der Waals surface area contributed by atoms with E-state index in [-0.39, 0.29) is 26.9 Å². The monoisotopic (exact) mass is 338 g/mol. The molecule has 0 aliphatic rings. The van der Waals surface area contributed by atoms with E-state index in [1.54, 1.807) is 0 Å². The van der Waals surface area contributed by atoms with Gasteiger partial charge < -0.3 is 10.2 Å². The van der Waals surface area contributed by atoms with Crippen molar-refractivity contribution in [2.24, 2.45) is 10.2 Å². The van der Waals surface area contributed by atoms with Gasteiger partial charge >= 0.3 is 11.9 Å². The Morgan fingerprint density at radius 3 is 2.00 bits per heavy atom. The number of azo groups is 1. The highest BCUT2D eigenvalue weighted by molar-refractivity contribution is 6.45. The lowest BCUT2D eigenvalue weighted by molar-refractivity contribution is 0.0686. The van der Waals surface area contributed by atoms with Crippen LogP contribution in [0.4, 0.5) is 11.4 Å². The number of hydrogen-bond acceptors (Lipinski definition) is 4. The van der Waals surface area contributed by atoms with Crippen molar-refractivity contribution < 1.29 is 19.8 Å². The Bertz CT molecular complexity index is 773. The molecule has 0 fully saturated rings. The number of rotatable bonds is 4. The maximum Gasteiger partial charge on any atom is 0.337 e. The van der Waals surface area contributed by atoms with Crippen LogP contribution in [0.15, 0.2) is 46.6 Å². The highest BCUT2D eigenvalue weighted by Crippen LogP contribution is 2.35. The Morgan fingerprint density at radius 2 is 1.45 bits per heavy atom. The number of hydrogen-bond donors (Lipinski definition) is 2. The molecule has 6 nitrogen and oxygen atoms in total. The van der Waals surface area contributed by atoms with Gasteiger partial charge in [-0.15, -0.1) is 5.11 Å². The van der Waals surface area contributed by atoms with Gasteiger partial charge in [-0.1, -0.05) is 23.2 Å². The molecule has 0 bridgehead atoms. The predicted molar refractivity (Wildman–Crippen MR) is 81.0 cm³/mol. The molecule has 2 aromatic carbocycles. The molecule has 0 saturated heterocycles. The Hall–Kier alpha value is -2.44. The zero-order chi connectivity index (χ0) is 16.3. The normalized spacial score (nSPS) is 10.8. The third-order valence-corrected chi connectivity index (χ3v) is 3.55. The van der Waals surface area contributed by atoms with E-state index in [2.05, 4.69) is 10.2 Å². The molecule has 0 unspecified atom stereocenters. The summed E-state index contributed by atoms with van der Waals surface area (Å²) in [4.78, 5) is 21.6. The summed E-state index contributed by atoms with van der Waals surface area (Å²) >= 11 is 11.8. The van der Waals surface area contributed by atoms with Crippen molar-refractivity contribution in [3.63, 3.8) is 0 Å². The average Bonchev–Trinajstić information content (AvgIpc) is 2.48. The van der Waals surface area contributed by atoms with Crippen molar-refractivity contribution in [1.29, 1.82) is 0 Å². The number of carboxylic acids is 2. The maximum absolute atomic E-state index is 10.9. The first-order valence-electron chi connectivity index (χ1n) is 5.86. The fourth-order valence-corrected chi connectivity index (χ4v) is 2.01. The average molecular weight is 339 g/mol. The molecule has 2 aromatic rings. The molecule has 0 aliphatic heterocycles. The van der Waals surface area contributed by atoms with Crippen molar-refractivity contribution in [3.8, 4) is 0 Å². The molecule has 0 saturated carbocycles. The lowest BCUT2D eigenvalue weighted by Crippen LogP contribution is -1.97. The summed E-state index contributed by atoms with van der Waals surface area (Å²) in [5.41, 5.74) is 0.626. The van der Waals surface area contributed by atoms with E-state index in [1.807, 2.05) is 0 Å². The highest BCUT2D eigenvalue weighted by Gasteiger charge is 2.14. The van der Waals surface area contributed by atoms with Crippen LogP contribution in [0.25, 0.3) is 0 Å². The molecule has 112 valence electrons. The topological polar surface area (TPSA) is 99.3 Å². The third-order valence-electron chi connectivity index (χ3n) is 2.68. The first-order chi connectivity index (χ1) is 10.4. The standard InChI is InChI=1S/C14H8Cl2N2O4/c15-11-9(14(21)22)5-6-10(12(11)16)18-17-8-3-1-7(2-4-8)13(19)20/h1-6H,(H,19,20)(H,21,22). The van der Waals surface area contributed by atoms with E-state index in [4.69, 9.17) is 33.4 Å². The number of halogens is 2. The van der Waals surface area contributed by atoms with Crippen LogP contribution in [-0.4, -0.2) is 22.2 Å². The van der Waals surface area contributed by atoms with Crippen LogP contribution in [0.1, 0.15) is 20.7 Å². The SMILES string of the molecule is O=C(O)c1ccc(N=Nc2ccc(C(=O)O)c(Cl)c2Cl)cc1. The molecule has 0 aromatic heterocycles.